The summed E-state index contributed by atoms with van der Waals surface area (Å²) in [6.45, 7) is 2.03. The summed E-state index contributed by atoms with van der Waals surface area (Å²) >= 11 is 0. The van der Waals surface area contributed by atoms with E-state index in [1.54, 1.807) is 0 Å². The molecule has 0 spiro atoms. The molecule has 3 heterocycles. The third-order valence-corrected chi connectivity index (χ3v) is 10.9. The molecule has 1 saturated heterocycles. The smallest absolute Gasteiger partial charge is 0.258 e. The molecule has 5 aliphatic carbocycles. The van der Waals surface area contributed by atoms with Gasteiger partial charge in [-0.1, -0.05) is 11.2 Å². The highest BCUT2D eigenvalue weighted by atomic mass is 16.5. The molecule has 1 aromatic carbocycles. The van der Waals surface area contributed by atoms with Crippen molar-refractivity contribution in [1.82, 2.24) is 19.9 Å². The molecule has 6 fully saturated rings. The van der Waals surface area contributed by atoms with E-state index in [4.69, 9.17) is 14.4 Å². The summed E-state index contributed by atoms with van der Waals surface area (Å²) in [7, 11) is 2.12. The van der Waals surface area contributed by atoms with Gasteiger partial charge >= 0.3 is 0 Å². The quantitative estimate of drug-likeness (QED) is 0.325. The van der Waals surface area contributed by atoms with Crippen LogP contribution in [0.2, 0.25) is 0 Å². The lowest BCUT2D eigenvalue weighted by atomic mass is 9.52. The average Bonchev–Trinajstić information content (AvgIpc) is 3.97. The minimum Gasteiger partial charge on any atom is -0.381 e. The number of benzene rings is 1. The molecule has 1 unspecified atom stereocenters. The van der Waals surface area contributed by atoms with E-state index in [0.29, 0.717) is 18.4 Å². The first-order valence-corrected chi connectivity index (χ1v) is 15.9. The van der Waals surface area contributed by atoms with Crippen LogP contribution < -0.4 is 4.90 Å². The van der Waals surface area contributed by atoms with Crippen LogP contribution in [-0.2, 0) is 22.0 Å². The van der Waals surface area contributed by atoms with Crippen molar-refractivity contribution in [1.29, 1.82) is 0 Å². The van der Waals surface area contributed by atoms with Gasteiger partial charge in [0.25, 0.3) is 5.89 Å². The zero-order valence-corrected chi connectivity index (χ0v) is 24.2. The molecule has 6 aliphatic rings. The molecule has 3 aromatic rings. The number of anilines is 1. The molecule has 41 heavy (non-hydrogen) atoms. The van der Waals surface area contributed by atoms with Gasteiger partial charge in [0.1, 0.15) is 0 Å². The van der Waals surface area contributed by atoms with Crippen LogP contribution in [0.4, 0.5) is 5.69 Å². The van der Waals surface area contributed by atoms with Crippen LogP contribution in [0.15, 0.2) is 34.9 Å². The summed E-state index contributed by atoms with van der Waals surface area (Å²) in [5.41, 5.74) is 4.90. The zero-order chi connectivity index (χ0) is 27.6. The maximum Gasteiger partial charge on any atom is 0.258 e. The number of rotatable bonds is 8. The van der Waals surface area contributed by atoms with E-state index in [2.05, 4.69) is 45.0 Å². The van der Waals surface area contributed by atoms with Gasteiger partial charge in [-0.05, 0) is 107 Å². The molecule has 0 radical (unpaired) electrons. The monoisotopic (exact) mass is 555 g/mol. The van der Waals surface area contributed by atoms with Crippen molar-refractivity contribution in [2.24, 2.45) is 18.4 Å². The fraction of sp³-hybridized carbons (Fsp3) is 0.636. The number of aryl methyl sites for hydroxylation is 1. The highest BCUT2D eigenvalue weighted by Crippen LogP contribution is 2.58. The van der Waals surface area contributed by atoms with Gasteiger partial charge in [-0.15, -0.1) is 0 Å². The maximum absolute atomic E-state index is 14.2. The minimum atomic E-state index is -0.0886. The number of aromatic nitrogens is 4. The average molecular weight is 556 g/mol. The zero-order valence-electron chi connectivity index (χ0n) is 24.2. The number of carbonyl (C=O) groups is 1. The Labute approximate surface area is 241 Å². The van der Waals surface area contributed by atoms with E-state index < -0.39 is 0 Å². The fourth-order valence-corrected chi connectivity index (χ4v) is 7.84. The van der Waals surface area contributed by atoms with Crippen LogP contribution in [0.25, 0.3) is 11.5 Å². The number of fused-ring (bicyclic) bond motifs is 3. The molecular weight excluding hydrogens is 514 g/mol. The first-order valence-electron chi connectivity index (χ1n) is 15.9. The number of hydrogen-bond acceptors (Lipinski definition) is 6. The van der Waals surface area contributed by atoms with Crippen molar-refractivity contribution in [2.45, 2.75) is 94.3 Å². The van der Waals surface area contributed by atoms with Crippen molar-refractivity contribution >= 4 is 11.6 Å². The molecule has 1 aliphatic heterocycles. The van der Waals surface area contributed by atoms with E-state index in [-0.39, 0.29) is 22.7 Å². The van der Waals surface area contributed by atoms with Crippen LogP contribution in [0.3, 0.4) is 0 Å². The van der Waals surface area contributed by atoms with Crippen LogP contribution in [0.5, 0.6) is 0 Å². The molecule has 2 aromatic heterocycles. The lowest BCUT2D eigenvalue weighted by Gasteiger charge is -2.54. The number of carbonyl (C=O) groups excluding carboxylic acids is 1. The molecule has 2 bridgehead atoms. The van der Waals surface area contributed by atoms with Crippen molar-refractivity contribution in [3.8, 4) is 11.5 Å². The number of ether oxygens (including phenoxy) is 1. The first-order chi connectivity index (χ1) is 20.0. The summed E-state index contributed by atoms with van der Waals surface area (Å²) in [6, 6.07) is 10.6. The lowest BCUT2D eigenvalue weighted by molar-refractivity contribution is -0.127. The Morgan fingerprint density at radius 3 is 2.51 bits per heavy atom. The van der Waals surface area contributed by atoms with E-state index >= 15 is 0 Å². The van der Waals surface area contributed by atoms with E-state index in [1.165, 1.54) is 24.2 Å². The predicted molar refractivity (Wildman–Crippen MR) is 155 cm³/mol. The Morgan fingerprint density at radius 2 is 1.80 bits per heavy atom. The molecule has 9 rings (SSSR count). The maximum atomic E-state index is 14.2. The second-order valence-electron chi connectivity index (χ2n) is 13.8. The van der Waals surface area contributed by atoms with E-state index in [1.807, 2.05) is 12.1 Å². The summed E-state index contributed by atoms with van der Waals surface area (Å²) in [5.74, 6) is 2.62. The minimum absolute atomic E-state index is 0.0886. The molecule has 216 valence electrons. The molecule has 1 amide bonds. The molecule has 1 atom stereocenters. The second-order valence-corrected chi connectivity index (χ2v) is 13.8. The number of nitrogens with zero attached hydrogens (tertiary/aromatic N) is 5. The van der Waals surface area contributed by atoms with Crippen LogP contribution in [0, 0.1) is 11.3 Å². The Morgan fingerprint density at radius 1 is 1.02 bits per heavy atom. The first kappa shape index (κ1) is 25.7. The normalized spacial score (nSPS) is 29.5. The summed E-state index contributed by atoms with van der Waals surface area (Å²) in [5, 5.41) is 9.28. The van der Waals surface area contributed by atoms with Crippen molar-refractivity contribution in [2.75, 3.05) is 24.7 Å². The molecule has 8 heteroatoms. The second kappa shape index (κ2) is 9.79. The van der Waals surface area contributed by atoms with Crippen molar-refractivity contribution in [3.63, 3.8) is 0 Å². The van der Waals surface area contributed by atoms with Gasteiger partial charge in [-0.25, -0.2) is 0 Å². The largest absolute Gasteiger partial charge is 0.381 e. The van der Waals surface area contributed by atoms with Crippen LogP contribution >= 0.6 is 0 Å². The van der Waals surface area contributed by atoms with Crippen LogP contribution in [-0.4, -0.2) is 45.6 Å². The standard InChI is InChI=1S/C33H41N5O3/c1-37-27(22-7-8-22)19-28(35-37)33-14-11-32(12-15-33,13-16-33)21-38(31(39)25-5-3-17-40-20-25)26-6-2-4-24(18-26)30-34-29(36-41-30)23-9-10-23/h2,4,6,18-19,22-23,25H,3,5,7-17,20-21H2,1H3. The lowest BCUT2D eigenvalue weighted by Crippen LogP contribution is -2.52. The van der Waals surface area contributed by atoms with Crippen molar-refractivity contribution in [3.05, 3.63) is 47.5 Å². The predicted octanol–water partition coefficient (Wildman–Crippen LogP) is 6.28. The van der Waals surface area contributed by atoms with Gasteiger partial charge in [0.05, 0.1) is 18.2 Å². The molecule has 5 saturated carbocycles. The molecule has 0 N–H and O–H groups in total. The highest BCUT2D eigenvalue weighted by Gasteiger charge is 2.52. The van der Waals surface area contributed by atoms with Crippen LogP contribution in [0.1, 0.15) is 106 Å². The van der Waals surface area contributed by atoms with Crippen molar-refractivity contribution < 1.29 is 14.1 Å². The van der Waals surface area contributed by atoms with Gasteiger partial charge in [0, 0.05) is 54.4 Å². The van der Waals surface area contributed by atoms with Gasteiger partial charge < -0.3 is 14.2 Å². The Bertz CT molecular complexity index is 1420. The number of hydrogen-bond donors (Lipinski definition) is 0. The van der Waals surface area contributed by atoms with E-state index in [0.717, 1.165) is 100 Å². The Balaban J connectivity index is 1.06. The Hall–Kier alpha value is -3.00. The summed E-state index contributed by atoms with van der Waals surface area (Å²) in [4.78, 5) is 20.9. The van der Waals surface area contributed by atoms with Gasteiger partial charge in [-0.3, -0.25) is 9.48 Å². The van der Waals surface area contributed by atoms with Gasteiger partial charge in [-0.2, -0.15) is 10.1 Å². The SMILES string of the molecule is Cn1nc(C23CCC(CN(C(=O)C4CCCOC4)c4cccc(-c5nc(C6CC6)no5)c4)(CC2)CC3)cc1C1CC1. The van der Waals surface area contributed by atoms with Gasteiger partial charge in [0.15, 0.2) is 5.82 Å². The summed E-state index contributed by atoms with van der Waals surface area (Å²) < 4.78 is 13.6. The third kappa shape index (κ3) is 4.72. The topological polar surface area (TPSA) is 86.3 Å². The van der Waals surface area contributed by atoms with Gasteiger partial charge in [0.2, 0.25) is 5.91 Å². The highest BCUT2D eigenvalue weighted by molar-refractivity contribution is 5.95. The number of amides is 1. The molecule has 8 nitrogen and oxygen atoms in total. The fourth-order valence-electron chi connectivity index (χ4n) is 7.84. The Kier molecular flexibility index (Phi) is 6.13. The summed E-state index contributed by atoms with van der Waals surface area (Å²) in [6.07, 6.45) is 13.6. The third-order valence-electron chi connectivity index (χ3n) is 10.9. The van der Waals surface area contributed by atoms with E-state index in [9.17, 15) is 4.79 Å². The molecular formula is C33H41N5O3.